The lowest BCUT2D eigenvalue weighted by Crippen LogP contribution is -2.48. The molecule has 0 unspecified atom stereocenters. The number of amides is 1. The van der Waals surface area contributed by atoms with Crippen LogP contribution in [0.4, 0.5) is 0 Å². The summed E-state index contributed by atoms with van der Waals surface area (Å²) in [6.07, 6.45) is 4.88. The normalized spacial score (nSPS) is 24.1. The van der Waals surface area contributed by atoms with Crippen molar-refractivity contribution in [3.05, 3.63) is 16.1 Å². The first kappa shape index (κ1) is 12.8. The van der Waals surface area contributed by atoms with Gasteiger partial charge in [0.05, 0.1) is 10.7 Å². The molecule has 0 aromatic carbocycles. The highest BCUT2D eigenvalue weighted by atomic mass is 32.1. The van der Waals surface area contributed by atoms with Gasteiger partial charge in [-0.25, -0.2) is 4.98 Å². The molecule has 2 aliphatic carbocycles. The van der Waals surface area contributed by atoms with E-state index in [0.717, 1.165) is 51.5 Å². The lowest BCUT2D eigenvalue weighted by molar-refractivity contribution is -0.134. The lowest BCUT2D eigenvalue weighted by atomic mass is 10.2. The molecular weight excluding hydrogens is 270 g/mol. The minimum absolute atomic E-state index is 0.362. The number of rotatable bonds is 4. The molecule has 1 aliphatic heterocycles. The van der Waals surface area contributed by atoms with Crippen LogP contribution in [0.15, 0.2) is 5.38 Å². The molecule has 4 nitrogen and oxygen atoms in total. The quantitative estimate of drug-likeness (QED) is 0.852. The number of carbonyl (C=O) groups excluding carboxylic acids is 1. The third-order valence-electron chi connectivity index (χ3n) is 4.49. The molecule has 0 radical (unpaired) electrons. The Bertz CT molecular complexity index is 499. The van der Waals surface area contributed by atoms with Crippen molar-refractivity contribution in [3.63, 3.8) is 0 Å². The number of thiazole rings is 1. The third-order valence-corrected chi connectivity index (χ3v) is 5.55. The van der Waals surface area contributed by atoms with E-state index in [2.05, 4.69) is 15.2 Å². The lowest BCUT2D eigenvalue weighted by Gasteiger charge is -2.34. The predicted molar refractivity (Wildman–Crippen MR) is 78.7 cm³/mol. The van der Waals surface area contributed by atoms with E-state index in [4.69, 9.17) is 4.98 Å². The zero-order chi connectivity index (χ0) is 13.5. The Morgan fingerprint density at radius 1 is 1.20 bits per heavy atom. The molecule has 1 amide bonds. The second-order valence-electron chi connectivity index (χ2n) is 6.33. The Labute approximate surface area is 123 Å². The van der Waals surface area contributed by atoms with Gasteiger partial charge in [-0.1, -0.05) is 0 Å². The van der Waals surface area contributed by atoms with Crippen molar-refractivity contribution in [2.75, 3.05) is 26.2 Å². The van der Waals surface area contributed by atoms with Crippen LogP contribution in [0.3, 0.4) is 0 Å². The molecule has 0 spiro atoms. The molecule has 4 rings (SSSR count). The van der Waals surface area contributed by atoms with Crippen LogP contribution in [0.5, 0.6) is 0 Å². The Morgan fingerprint density at radius 3 is 2.60 bits per heavy atom. The highest BCUT2D eigenvalue weighted by Gasteiger charge is 2.34. The van der Waals surface area contributed by atoms with Gasteiger partial charge < -0.3 is 4.90 Å². The van der Waals surface area contributed by atoms with E-state index >= 15 is 0 Å². The van der Waals surface area contributed by atoms with E-state index in [9.17, 15) is 4.79 Å². The van der Waals surface area contributed by atoms with Gasteiger partial charge in [-0.2, -0.15) is 0 Å². The van der Waals surface area contributed by atoms with Crippen LogP contribution in [0.2, 0.25) is 0 Å². The second-order valence-corrected chi connectivity index (χ2v) is 7.22. The third kappa shape index (κ3) is 2.74. The Kier molecular flexibility index (Phi) is 3.27. The highest BCUT2D eigenvalue weighted by Crippen LogP contribution is 2.41. The van der Waals surface area contributed by atoms with Crippen LogP contribution >= 0.6 is 11.3 Å². The number of hydrogen-bond donors (Lipinski definition) is 0. The zero-order valence-electron chi connectivity index (χ0n) is 11.8. The summed E-state index contributed by atoms with van der Waals surface area (Å²) in [5.41, 5.74) is 1.22. The Hall–Kier alpha value is -0.940. The standard InChI is InChI=1S/C15H21N3OS/c19-15(12-3-4-12)18-7-5-17(6-8-18)9-13-10-20-14(16-13)11-1-2-11/h10-12H,1-9H2. The van der Waals surface area contributed by atoms with Crippen LogP contribution in [0.25, 0.3) is 0 Å². The molecule has 20 heavy (non-hydrogen) atoms. The van der Waals surface area contributed by atoms with Gasteiger partial charge in [0, 0.05) is 49.9 Å². The monoisotopic (exact) mass is 291 g/mol. The Balaban J connectivity index is 1.28. The molecule has 3 aliphatic rings. The highest BCUT2D eigenvalue weighted by molar-refractivity contribution is 7.09. The van der Waals surface area contributed by atoms with Crippen LogP contribution in [-0.4, -0.2) is 46.9 Å². The van der Waals surface area contributed by atoms with Crippen molar-refractivity contribution in [1.82, 2.24) is 14.8 Å². The zero-order valence-corrected chi connectivity index (χ0v) is 12.6. The SMILES string of the molecule is O=C(C1CC1)N1CCN(Cc2csc(C3CC3)n2)CC1. The molecule has 1 aromatic rings. The average molecular weight is 291 g/mol. The molecule has 0 N–H and O–H groups in total. The van der Waals surface area contributed by atoms with Crippen LogP contribution < -0.4 is 0 Å². The van der Waals surface area contributed by atoms with E-state index in [1.807, 2.05) is 11.3 Å². The number of piperazine rings is 1. The molecule has 1 saturated heterocycles. The van der Waals surface area contributed by atoms with Crippen LogP contribution in [-0.2, 0) is 11.3 Å². The van der Waals surface area contributed by atoms with Gasteiger partial charge in [0.2, 0.25) is 5.91 Å². The van der Waals surface area contributed by atoms with Gasteiger partial charge in [-0.3, -0.25) is 9.69 Å². The molecule has 3 fully saturated rings. The van der Waals surface area contributed by atoms with Gasteiger partial charge in [-0.05, 0) is 25.7 Å². The van der Waals surface area contributed by atoms with E-state index in [0.29, 0.717) is 11.8 Å². The molecule has 2 saturated carbocycles. The molecule has 0 bridgehead atoms. The van der Waals surface area contributed by atoms with Gasteiger partial charge in [-0.15, -0.1) is 11.3 Å². The first-order valence-corrected chi connectivity index (χ1v) is 8.63. The number of carbonyl (C=O) groups is 1. The fourth-order valence-corrected chi connectivity index (χ4v) is 3.84. The molecule has 5 heteroatoms. The smallest absolute Gasteiger partial charge is 0.225 e. The summed E-state index contributed by atoms with van der Waals surface area (Å²) in [5, 5.41) is 3.55. The average Bonchev–Trinajstić information content (AvgIpc) is 3.38. The minimum Gasteiger partial charge on any atom is -0.340 e. The largest absolute Gasteiger partial charge is 0.340 e. The van der Waals surface area contributed by atoms with Gasteiger partial charge in [0.15, 0.2) is 0 Å². The molecule has 1 aromatic heterocycles. The summed E-state index contributed by atoms with van der Waals surface area (Å²) >= 11 is 1.82. The predicted octanol–water partition coefficient (Wildman–Crippen LogP) is 2.07. The first-order valence-electron chi connectivity index (χ1n) is 7.75. The maximum atomic E-state index is 12.0. The van der Waals surface area contributed by atoms with Crippen LogP contribution in [0.1, 0.15) is 42.3 Å². The molecule has 0 atom stereocenters. The number of hydrogen-bond acceptors (Lipinski definition) is 4. The summed E-state index contributed by atoms with van der Waals surface area (Å²) < 4.78 is 0. The summed E-state index contributed by atoms with van der Waals surface area (Å²) in [7, 11) is 0. The number of nitrogens with zero attached hydrogens (tertiary/aromatic N) is 3. The van der Waals surface area contributed by atoms with Crippen LogP contribution in [0, 0.1) is 5.92 Å². The van der Waals surface area contributed by atoms with Gasteiger partial charge in [0.1, 0.15) is 0 Å². The van der Waals surface area contributed by atoms with E-state index in [1.165, 1.54) is 23.5 Å². The van der Waals surface area contributed by atoms with Gasteiger partial charge in [0.25, 0.3) is 0 Å². The van der Waals surface area contributed by atoms with Gasteiger partial charge >= 0.3 is 0 Å². The van der Waals surface area contributed by atoms with Crippen molar-refractivity contribution in [3.8, 4) is 0 Å². The number of aromatic nitrogens is 1. The molecular formula is C15H21N3OS. The molecule has 108 valence electrons. The maximum Gasteiger partial charge on any atom is 0.225 e. The topological polar surface area (TPSA) is 36.4 Å². The molecule has 2 heterocycles. The van der Waals surface area contributed by atoms with E-state index < -0.39 is 0 Å². The maximum absolute atomic E-state index is 12.0. The fraction of sp³-hybridized carbons (Fsp3) is 0.733. The minimum atomic E-state index is 0.362. The summed E-state index contributed by atoms with van der Waals surface area (Å²) in [4.78, 5) is 21.3. The fourth-order valence-electron chi connectivity index (χ4n) is 2.86. The summed E-state index contributed by atoms with van der Waals surface area (Å²) in [6, 6.07) is 0. The van der Waals surface area contributed by atoms with E-state index in [-0.39, 0.29) is 0 Å². The van der Waals surface area contributed by atoms with Crippen molar-refractivity contribution in [2.24, 2.45) is 5.92 Å². The summed E-state index contributed by atoms with van der Waals surface area (Å²) in [6.45, 7) is 4.74. The van der Waals surface area contributed by atoms with Crippen molar-refractivity contribution >= 4 is 17.2 Å². The van der Waals surface area contributed by atoms with Crippen molar-refractivity contribution in [2.45, 2.75) is 38.1 Å². The van der Waals surface area contributed by atoms with Crippen molar-refractivity contribution < 1.29 is 4.79 Å². The van der Waals surface area contributed by atoms with E-state index in [1.54, 1.807) is 0 Å². The summed E-state index contributed by atoms with van der Waals surface area (Å²) in [5.74, 6) is 1.53. The Morgan fingerprint density at radius 2 is 1.95 bits per heavy atom. The van der Waals surface area contributed by atoms with Crippen molar-refractivity contribution in [1.29, 1.82) is 0 Å². The second kappa shape index (κ2) is 5.11. The first-order chi connectivity index (χ1) is 9.79.